The highest BCUT2D eigenvalue weighted by atomic mass is 16.3. The van der Waals surface area contributed by atoms with E-state index < -0.39 is 5.54 Å². The van der Waals surface area contributed by atoms with Gasteiger partial charge >= 0.3 is 0 Å². The molecule has 3 aliphatic rings. The first kappa shape index (κ1) is 32.5. The van der Waals surface area contributed by atoms with Gasteiger partial charge in [-0.1, -0.05) is 164 Å². The summed E-state index contributed by atoms with van der Waals surface area (Å²) in [5, 5.41) is 7.20. The predicted molar refractivity (Wildman–Crippen MR) is 243 cm³/mol. The predicted octanol–water partition coefficient (Wildman–Crippen LogP) is 14.3. The van der Waals surface area contributed by atoms with Crippen molar-refractivity contribution in [2.45, 2.75) is 18.4 Å². The summed E-state index contributed by atoms with van der Waals surface area (Å²) < 4.78 is 6.58. The van der Waals surface area contributed by atoms with Gasteiger partial charge in [-0.25, -0.2) is 9.97 Å². The Morgan fingerprint density at radius 2 is 1.27 bits per heavy atom. The van der Waals surface area contributed by atoms with E-state index in [0.29, 0.717) is 5.95 Å². The second kappa shape index (κ2) is 12.0. The van der Waals surface area contributed by atoms with E-state index in [1.807, 2.05) is 0 Å². The lowest BCUT2D eigenvalue weighted by Crippen LogP contribution is -2.43. The second-order valence-electron chi connectivity index (χ2n) is 16.3. The molecule has 4 heteroatoms. The minimum Gasteiger partial charge on any atom is -0.455 e. The molecule has 0 radical (unpaired) electrons. The van der Waals surface area contributed by atoms with Crippen molar-refractivity contribution >= 4 is 60.6 Å². The maximum Gasteiger partial charge on any atom is 0.231 e. The van der Waals surface area contributed by atoms with Gasteiger partial charge in [-0.15, -0.1) is 0 Å². The van der Waals surface area contributed by atoms with Crippen LogP contribution < -0.4 is 4.90 Å². The molecule has 8 aromatic carbocycles. The van der Waals surface area contributed by atoms with Crippen LogP contribution in [0.4, 0.5) is 11.6 Å². The molecule has 59 heavy (non-hydrogen) atoms. The molecule has 4 nitrogen and oxygen atoms in total. The monoisotopic (exact) mass is 753 g/mol. The van der Waals surface area contributed by atoms with Crippen molar-refractivity contribution in [1.82, 2.24) is 9.97 Å². The third-order valence-electron chi connectivity index (χ3n) is 13.1. The summed E-state index contributed by atoms with van der Waals surface area (Å²) in [5.74, 6) is 1.74. The lowest BCUT2D eigenvalue weighted by atomic mass is 9.77. The molecule has 1 aliphatic heterocycles. The molecule has 0 saturated heterocycles. The van der Waals surface area contributed by atoms with E-state index in [-0.39, 0.29) is 5.92 Å². The first-order chi connectivity index (χ1) is 29.1. The highest BCUT2D eigenvalue weighted by Crippen LogP contribution is 2.56. The molecule has 2 aliphatic carbocycles. The van der Waals surface area contributed by atoms with Crippen LogP contribution in [0.3, 0.4) is 0 Å². The van der Waals surface area contributed by atoms with Crippen molar-refractivity contribution in [3.63, 3.8) is 0 Å². The van der Waals surface area contributed by atoms with E-state index in [9.17, 15) is 0 Å². The van der Waals surface area contributed by atoms with Gasteiger partial charge in [0.2, 0.25) is 5.95 Å². The van der Waals surface area contributed by atoms with Gasteiger partial charge in [0.25, 0.3) is 0 Å². The Balaban J connectivity index is 0.909. The molecule has 0 amide bonds. The molecule has 13 rings (SSSR count). The largest absolute Gasteiger partial charge is 0.455 e. The number of nitrogens with zero attached hydrogens (tertiary/aromatic N) is 3. The summed E-state index contributed by atoms with van der Waals surface area (Å²) in [7, 11) is 0. The van der Waals surface area contributed by atoms with Gasteiger partial charge in [0.05, 0.1) is 16.7 Å². The molecule has 2 atom stereocenters. The SMILES string of the molecule is CC12C=CC(c3ccc4oc5c(c4c3)-c3cccc4cccc-5c34)=CC1c1ccccc1N2c1nc(-c2ccc(-c3cccc4ccccc34)cc2)c2ccccc2n1. The van der Waals surface area contributed by atoms with E-state index >= 15 is 0 Å². The maximum absolute atomic E-state index is 6.58. The van der Waals surface area contributed by atoms with E-state index in [4.69, 9.17) is 14.4 Å². The number of allylic oxidation sites excluding steroid dienone is 2. The van der Waals surface area contributed by atoms with Gasteiger partial charge in [-0.2, -0.15) is 0 Å². The van der Waals surface area contributed by atoms with Gasteiger partial charge in [0.15, 0.2) is 0 Å². The van der Waals surface area contributed by atoms with Crippen molar-refractivity contribution in [3.05, 3.63) is 199 Å². The zero-order chi connectivity index (χ0) is 38.8. The van der Waals surface area contributed by atoms with Crippen LogP contribution in [0.15, 0.2) is 193 Å². The Hall–Kier alpha value is -7.56. The number of anilines is 2. The van der Waals surface area contributed by atoms with Crippen molar-refractivity contribution in [1.29, 1.82) is 0 Å². The first-order valence-corrected chi connectivity index (χ1v) is 20.4. The maximum atomic E-state index is 6.58. The molecule has 2 unspecified atom stereocenters. The van der Waals surface area contributed by atoms with Gasteiger partial charge in [-0.3, -0.25) is 4.90 Å². The van der Waals surface area contributed by atoms with E-state index in [2.05, 4.69) is 200 Å². The molecule has 0 spiro atoms. The van der Waals surface area contributed by atoms with Crippen LogP contribution in [-0.2, 0) is 0 Å². The minimum absolute atomic E-state index is 0.0703. The average molecular weight is 754 g/mol. The molecule has 0 saturated carbocycles. The molecule has 2 aromatic heterocycles. The van der Waals surface area contributed by atoms with Crippen LogP contribution in [0.25, 0.3) is 93.8 Å². The Bertz CT molecular complexity index is 3470. The summed E-state index contributed by atoms with van der Waals surface area (Å²) in [6, 6.07) is 60.8. The van der Waals surface area contributed by atoms with E-state index in [1.165, 1.54) is 66.1 Å². The van der Waals surface area contributed by atoms with Gasteiger partial charge in [0.1, 0.15) is 11.3 Å². The third-order valence-corrected chi connectivity index (χ3v) is 13.1. The number of aromatic nitrogens is 2. The molecule has 276 valence electrons. The molecular weight excluding hydrogens is 719 g/mol. The summed E-state index contributed by atoms with van der Waals surface area (Å²) in [6.45, 7) is 2.32. The normalized spacial score (nSPS) is 17.5. The second-order valence-corrected chi connectivity index (χ2v) is 16.3. The Morgan fingerprint density at radius 1 is 0.576 bits per heavy atom. The molecule has 0 N–H and O–H groups in total. The van der Waals surface area contributed by atoms with Crippen LogP contribution in [0.1, 0.15) is 24.0 Å². The standard InChI is InChI=1S/C55H35N3O/c1-55-30-29-38(37-27-28-49-45(31-37)51-43-19-9-13-35-14-10-20-44(50(35)43)53(51)59-49)32-46(55)41-16-5-7-22-48(41)58(55)54-56-47-21-6-4-17-42(47)52(57-54)36-25-23-34(24-26-36)40-18-8-12-33-11-2-3-15-39(33)40/h2-32,46H,1H3. The molecule has 10 aromatic rings. The number of rotatable bonds is 4. The number of fused-ring (bicyclic) bond motifs is 10. The lowest BCUT2D eigenvalue weighted by Gasteiger charge is -2.38. The van der Waals surface area contributed by atoms with Gasteiger partial charge in [-0.05, 0) is 80.7 Å². The highest BCUT2D eigenvalue weighted by molar-refractivity contribution is 6.20. The molecule has 0 bridgehead atoms. The molecular formula is C55H35N3O. The van der Waals surface area contributed by atoms with Gasteiger partial charge < -0.3 is 4.42 Å². The van der Waals surface area contributed by atoms with Crippen molar-refractivity contribution in [2.24, 2.45) is 0 Å². The van der Waals surface area contributed by atoms with Crippen LogP contribution in [0, 0.1) is 0 Å². The quantitative estimate of drug-likeness (QED) is 0.179. The van der Waals surface area contributed by atoms with E-state index in [1.54, 1.807) is 0 Å². The smallest absolute Gasteiger partial charge is 0.231 e. The Labute approximate surface area is 341 Å². The Morgan fingerprint density at radius 3 is 2.15 bits per heavy atom. The summed E-state index contributed by atoms with van der Waals surface area (Å²) >= 11 is 0. The van der Waals surface area contributed by atoms with Crippen molar-refractivity contribution < 1.29 is 4.42 Å². The van der Waals surface area contributed by atoms with Crippen LogP contribution >= 0.6 is 0 Å². The average Bonchev–Trinajstić information content (AvgIpc) is 3.91. The van der Waals surface area contributed by atoms with Crippen LogP contribution in [-0.4, -0.2) is 15.5 Å². The molecule has 3 heterocycles. The number of para-hydroxylation sites is 2. The highest BCUT2D eigenvalue weighted by Gasteiger charge is 2.49. The van der Waals surface area contributed by atoms with Crippen molar-refractivity contribution in [3.8, 4) is 44.8 Å². The van der Waals surface area contributed by atoms with E-state index in [0.717, 1.165) is 44.6 Å². The zero-order valence-corrected chi connectivity index (χ0v) is 32.2. The van der Waals surface area contributed by atoms with Gasteiger partial charge in [0, 0.05) is 44.5 Å². The van der Waals surface area contributed by atoms with Crippen LogP contribution in [0.2, 0.25) is 0 Å². The third kappa shape index (κ3) is 4.60. The summed E-state index contributed by atoms with van der Waals surface area (Å²) in [6.07, 6.45) is 7.11. The zero-order valence-electron chi connectivity index (χ0n) is 32.2. The number of hydrogen-bond donors (Lipinski definition) is 0. The number of hydrogen-bond acceptors (Lipinski definition) is 4. The number of furan rings is 1. The van der Waals surface area contributed by atoms with Crippen LogP contribution in [0.5, 0.6) is 0 Å². The number of benzene rings is 8. The molecule has 0 fully saturated rings. The van der Waals surface area contributed by atoms with Crippen molar-refractivity contribution in [2.75, 3.05) is 4.90 Å². The topological polar surface area (TPSA) is 42.2 Å². The fourth-order valence-corrected chi connectivity index (χ4v) is 10.3. The lowest BCUT2D eigenvalue weighted by molar-refractivity contribution is 0.537. The fourth-order valence-electron chi connectivity index (χ4n) is 10.3. The Kier molecular flexibility index (Phi) is 6.60. The summed E-state index contributed by atoms with van der Waals surface area (Å²) in [4.78, 5) is 13.1. The first-order valence-electron chi connectivity index (χ1n) is 20.4. The minimum atomic E-state index is -0.441. The fraction of sp³-hybridized carbons (Fsp3) is 0.0545. The summed E-state index contributed by atoms with van der Waals surface area (Å²) in [5.41, 5.74) is 14.2.